The van der Waals surface area contributed by atoms with E-state index in [9.17, 15) is 0 Å². The number of ether oxygens (including phenoxy) is 2. The Hall–Kier alpha value is -3.02. The standard InChI is InChI=1S/C32H38NO3Si.ClH/c1-32(2,3)37(6,7)36-24-14-12-22(13-15-24)20-27-26-16-17-29(34-4)31(35-5)28(26)21-33-19-18-23-10-8-9-11-25(23)30(27)33;/h8-17,21H,18-20H2,1-7H3;1H/q+1;/p-1. The molecule has 0 aliphatic carbocycles. The van der Waals surface area contributed by atoms with E-state index < -0.39 is 8.32 Å². The number of rotatable bonds is 6. The maximum absolute atomic E-state index is 6.54. The first-order valence-corrected chi connectivity index (χ1v) is 16.0. The molecule has 38 heavy (non-hydrogen) atoms. The summed E-state index contributed by atoms with van der Waals surface area (Å²) in [5, 5.41) is 2.44. The lowest BCUT2D eigenvalue weighted by molar-refractivity contribution is -0.686. The molecule has 0 bridgehead atoms. The normalized spacial score (nSPS) is 12.8. The van der Waals surface area contributed by atoms with Crippen LogP contribution in [0.5, 0.6) is 17.2 Å². The summed E-state index contributed by atoms with van der Waals surface area (Å²) in [6.07, 6.45) is 4.07. The third kappa shape index (κ3) is 5.02. The van der Waals surface area contributed by atoms with Crippen LogP contribution in [0.4, 0.5) is 0 Å². The zero-order valence-corrected chi connectivity index (χ0v) is 25.3. The van der Waals surface area contributed by atoms with E-state index in [2.05, 4.69) is 99.2 Å². The molecule has 0 unspecified atom stereocenters. The van der Waals surface area contributed by atoms with Gasteiger partial charge in [-0.05, 0) is 59.6 Å². The fraction of sp³-hybridized carbons (Fsp3) is 0.344. The van der Waals surface area contributed by atoms with Crippen LogP contribution in [-0.4, -0.2) is 22.5 Å². The van der Waals surface area contributed by atoms with Crippen molar-refractivity contribution < 1.29 is 30.9 Å². The molecule has 0 radical (unpaired) electrons. The van der Waals surface area contributed by atoms with Gasteiger partial charge in [0.2, 0.25) is 14.0 Å². The maximum atomic E-state index is 6.54. The molecule has 1 aromatic heterocycles. The van der Waals surface area contributed by atoms with Gasteiger partial charge in [0.1, 0.15) is 5.75 Å². The largest absolute Gasteiger partial charge is 1.00 e. The van der Waals surface area contributed by atoms with Crippen LogP contribution < -0.4 is 30.9 Å². The first-order chi connectivity index (χ1) is 17.6. The zero-order chi connectivity index (χ0) is 26.4. The van der Waals surface area contributed by atoms with Gasteiger partial charge in [-0.25, -0.2) is 0 Å². The van der Waals surface area contributed by atoms with Crippen LogP contribution in [0.25, 0.3) is 22.0 Å². The van der Waals surface area contributed by atoms with Crippen molar-refractivity contribution in [2.75, 3.05) is 14.2 Å². The molecule has 5 rings (SSSR count). The molecule has 0 atom stereocenters. The number of aromatic nitrogens is 1. The van der Waals surface area contributed by atoms with E-state index in [-0.39, 0.29) is 17.4 Å². The molecule has 0 saturated heterocycles. The molecule has 4 nitrogen and oxygen atoms in total. The number of pyridine rings is 1. The highest BCUT2D eigenvalue weighted by Gasteiger charge is 2.39. The summed E-state index contributed by atoms with van der Waals surface area (Å²) in [7, 11) is 1.53. The first kappa shape index (κ1) is 28.0. The van der Waals surface area contributed by atoms with Crippen LogP contribution in [0.2, 0.25) is 18.1 Å². The molecule has 3 aromatic carbocycles. The Labute approximate surface area is 234 Å². The average molecular weight is 548 g/mol. The Morgan fingerprint density at radius 3 is 2.24 bits per heavy atom. The van der Waals surface area contributed by atoms with Crippen molar-refractivity contribution in [1.29, 1.82) is 0 Å². The molecule has 200 valence electrons. The molecule has 6 heteroatoms. The number of nitrogens with zero attached hydrogens (tertiary/aromatic N) is 1. The minimum atomic E-state index is -1.88. The molecule has 1 aliphatic rings. The van der Waals surface area contributed by atoms with Gasteiger partial charge in [0.15, 0.2) is 24.2 Å². The van der Waals surface area contributed by atoms with Crippen molar-refractivity contribution in [3.8, 4) is 28.5 Å². The van der Waals surface area contributed by atoms with E-state index in [4.69, 9.17) is 13.9 Å². The van der Waals surface area contributed by atoms with Crippen molar-refractivity contribution in [2.45, 2.75) is 58.3 Å². The molecule has 0 amide bonds. The summed E-state index contributed by atoms with van der Waals surface area (Å²) in [4.78, 5) is 0. The van der Waals surface area contributed by atoms with Crippen LogP contribution in [0, 0.1) is 0 Å². The lowest BCUT2D eigenvalue weighted by atomic mass is 9.89. The average Bonchev–Trinajstić information content (AvgIpc) is 2.87. The van der Waals surface area contributed by atoms with Crippen molar-refractivity contribution in [1.82, 2.24) is 0 Å². The SMILES string of the molecule is COc1ccc2c(Cc3ccc(O[Si](C)(C)C(C)(C)C)cc3)c3[n+](cc2c1OC)CCc1ccccc1-3.[Cl-]. The number of benzene rings is 3. The van der Waals surface area contributed by atoms with E-state index in [0.717, 1.165) is 42.0 Å². The molecular formula is C32H38ClNO3Si. The Kier molecular flexibility index (Phi) is 7.83. The van der Waals surface area contributed by atoms with Crippen LogP contribution in [-0.2, 0) is 19.4 Å². The van der Waals surface area contributed by atoms with Crippen molar-refractivity contribution in [2.24, 2.45) is 0 Å². The second-order valence-corrected chi connectivity index (χ2v) is 16.2. The van der Waals surface area contributed by atoms with Crippen LogP contribution in [0.1, 0.15) is 37.5 Å². The van der Waals surface area contributed by atoms with Crippen LogP contribution in [0.3, 0.4) is 0 Å². The topological polar surface area (TPSA) is 31.6 Å². The number of hydrogen-bond acceptors (Lipinski definition) is 3. The van der Waals surface area contributed by atoms with Gasteiger partial charge in [0, 0.05) is 29.4 Å². The molecular weight excluding hydrogens is 510 g/mol. The monoisotopic (exact) mass is 547 g/mol. The molecule has 2 heterocycles. The van der Waals surface area contributed by atoms with Crippen LogP contribution >= 0.6 is 0 Å². The number of halogens is 1. The van der Waals surface area contributed by atoms with Crippen molar-refractivity contribution >= 4 is 19.1 Å². The quantitative estimate of drug-likeness (QED) is 0.266. The van der Waals surface area contributed by atoms with Crippen LogP contribution in [0.15, 0.2) is 66.9 Å². The third-order valence-corrected chi connectivity index (χ3v) is 12.5. The van der Waals surface area contributed by atoms with E-state index in [1.165, 1.54) is 33.3 Å². The van der Waals surface area contributed by atoms with Gasteiger partial charge in [-0.3, -0.25) is 0 Å². The van der Waals surface area contributed by atoms with Gasteiger partial charge >= 0.3 is 0 Å². The molecule has 0 spiro atoms. The Morgan fingerprint density at radius 2 is 1.58 bits per heavy atom. The third-order valence-electron chi connectivity index (χ3n) is 8.15. The summed E-state index contributed by atoms with van der Waals surface area (Å²) in [6.45, 7) is 12.3. The molecule has 0 fully saturated rings. The van der Waals surface area contributed by atoms with Gasteiger partial charge in [-0.1, -0.05) is 51.1 Å². The lowest BCUT2D eigenvalue weighted by Gasteiger charge is -2.36. The van der Waals surface area contributed by atoms with Gasteiger partial charge in [-0.2, -0.15) is 4.57 Å². The predicted molar refractivity (Wildman–Crippen MR) is 153 cm³/mol. The summed E-state index contributed by atoms with van der Waals surface area (Å²) in [6, 6.07) is 21.7. The second-order valence-electron chi connectivity index (χ2n) is 11.5. The molecule has 4 aromatic rings. The smallest absolute Gasteiger partial charge is 0.250 e. The van der Waals surface area contributed by atoms with Gasteiger partial charge in [0.25, 0.3) is 0 Å². The zero-order valence-electron chi connectivity index (χ0n) is 23.5. The second kappa shape index (κ2) is 10.6. The van der Waals surface area contributed by atoms with Crippen molar-refractivity contribution in [3.63, 3.8) is 0 Å². The highest BCUT2D eigenvalue weighted by atomic mass is 35.5. The highest BCUT2D eigenvalue weighted by Crippen LogP contribution is 2.41. The number of fused-ring (bicyclic) bond motifs is 4. The van der Waals surface area contributed by atoms with Crippen molar-refractivity contribution in [3.05, 3.63) is 83.6 Å². The van der Waals surface area contributed by atoms with E-state index in [1.807, 2.05) is 6.07 Å². The fourth-order valence-corrected chi connectivity index (χ4v) is 6.10. The number of aryl methyl sites for hydroxylation is 2. The summed E-state index contributed by atoms with van der Waals surface area (Å²) < 4.78 is 20.4. The summed E-state index contributed by atoms with van der Waals surface area (Å²) in [5.74, 6) is 2.50. The van der Waals surface area contributed by atoms with Gasteiger partial charge < -0.3 is 26.3 Å². The van der Waals surface area contributed by atoms with Gasteiger partial charge in [0.05, 0.1) is 19.6 Å². The minimum Gasteiger partial charge on any atom is -1.00 e. The minimum absolute atomic E-state index is 0. The molecule has 0 N–H and O–H groups in total. The summed E-state index contributed by atoms with van der Waals surface area (Å²) >= 11 is 0. The summed E-state index contributed by atoms with van der Waals surface area (Å²) in [5.41, 5.74) is 6.59. The first-order valence-electron chi connectivity index (χ1n) is 13.1. The fourth-order valence-electron chi connectivity index (χ4n) is 5.07. The maximum Gasteiger partial charge on any atom is 0.250 e. The lowest BCUT2D eigenvalue weighted by Crippen LogP contribution is -3.00. The Morgan fingerprint density at radius 1 is 0.868 bits per heavy atom. The Balaban J connectivity index is 0.00000336. The predicted octanol–water partition coefficient (Wildman–Crippen LogP) is 4.35. The van der Waals surface area contributed by atoms with E-state index in [1.54, 1.807) is 14.2 Å². The van der Waals surface area contributed by atoms with E-state index in [0.29, 0.717) is 0 Å². The Bertz CT molecular complexity index is 1460. The number of hydrogen-bond donors (Lipinski definition) is 0. The molecule has 1 aliphatic heterocycles. The van der Waals surface area contributed by atoms with E-state index >= 15 is 0 Å². The molecule has 0 saturated carbocycles. The number of methoxy groups -OCH3 is 2. The highest BCUT2D eigenvalue weighted by molar-refractivity contribution is 6.74. The van der Waals surface area contributed by atoms with Gasteiger partial charge in [-0.15, -0.1) is 0 Å².